The fraction of sp³-hybridized carbons (Fsp3) is 0.375. The lowest BCUT2D eigenvalue weighted by atomic mass is 10.1. The van der Waals surface area contributed by atoms with Gasteiger partial charge in [-0.3, -0.25) is 0 Å². The van der Waals surface area contributed by atoms with Gasteiger partial charge in [0.15, 0.2) is 0 Å². The fourth-order valence-corrected chi connectivity index (χ4v) is 1.07. The summed E-state index contributed by atoms with van der Waals surface area (Å²) in [7, 11) is 1.30. The van der Waals surface area contributed by atoms with Crippen LogP contribution in [0.5, 0.6) is 5.88 Å². The molecule has 13 heavy (non-hydrogen) atoms. The molecule has 0 aliphatic carbocycles. The fourth-order valence-electron chi connectivity index (χ4n) is 1.07. The Morgan fingerprint density at radius 2 is 2.31 bits per heavy atom. The van der Waals surface area contributed by atoms with E-state index in [-0.39, 0.29) is 18.0 Å². The third-order valence-corrected chi connectivity index (χ3v) is 1.68. The quantitative estimate of drug-likeness (QED) is 0.781. The number of alkyl halides is 2. The Kier molecular flexibility index (Phi) is 3.13. The van der Waals surface area contributed by atoms with Crippen LogP contribution in [0.1, 0.15) is 17.6 Å². The molecule has 1 aromatic heterocycles. The molecule has 0 aliphatic rings. The molecule has 0 fully saturated rings. The Morgan fingerprint density at radius 1 is 1.62 bits per heavy atom. The molecule has 0 spiro atoms. The molecule has 1 rings (SSSR count). The molecule has 1 heterocycles. The summed E-state index contributed by atoms with van der Waals surface area (Å²) in [6.45, 7) is 0.0541. The Bertz CT molecular complexity index is 269. The molecule has 2 N–H and O–H groups in total. The monoisotopic (exact) mass is 188 g/mol. The number of rotatable bonds is 3. The first-order chi connectivity index (χ1) is 6.20. The smallest absolute Gasteiger partial charge is 0.269 e. The minimum atomic E-state index is -2.61. The van der Waals surface area contributed by atoms with Crippen LogP contribution in [0.15, 0.2) is 12.3 Å². The molecule has 0 aliphatic heterocycles. The van der Waals surface area contributed by atoms with Crippen molar-refractivity contribution >= 4 is 0 Å². The Hall–Kier alpha value is -1.23. The van der Waals surface area contributed by atoms with E-state index in [0.717, 1.165) is 0 Å². The van der Waals surface area contributed by atoms with Crippen LogP contribution in [0, 0.1) is 0 Å². The summed E-state index contributed by atoms with van der Waals surface area (Å²) in [5.41, 5.74) is 5.44. The molecular formula is C8H10F2N2O. The number of hydrogen-bond donors (Lipinski definition) is 1. The average Bonchev–Trinajstić information content (AvgIpc) is 2.16. The standard InChI is InChI=1S/C8H10F2N2O/c1-13-8-6(7(9)10)5(4-11)2-3-12-8/h2-3,7H,4,11H2,1H3. The number of methoxy groups -OCH3 is 1. The number of pyridine rings is 1. The lowest BCUT2D eigenvalue weighted by Crippen LogP contribution is -2.05. The van der Waals surface area contributed by atoms with E-state index in [4.69, 9.17) is 10.5 Å². The average molecular weight is 188 g/mol. The van der Waals surface area contributed by atoms with E-state index in [1.54, 1.807) is 0 Å². The largest absolute Gasteiger partial charge is 0.481 e. The van der Waals surface area contributed by atoms with Crippen LogP contribution in [-0.2, 0) is 6.54 Å². The molecule has 1 aromatic rings. The van der Waals surface area contributed by atoms with Crippen LogP contribution < -0.4 is 10.5 Å². The SMILES string of the molecule is COc1nccc(CN)c1C(F)F. The molecule has 0 amide bonds. The molecule has 0 atom stereocenters. The molecule has 5 heteroatoms. The topological polar surface area (TPSA) is 48.1 Å². The van der Waals surface area contributed by atoms with Crippen LogP contribution >= 0.6 is 0 Å². The van der Waals surface area contributed by atoms with Crippen LogP contribution in [0.4, 0.5) is 8.78 Å². The highest BCUT2D eigenvalue weighted by Crippen LogP contribution is 2.29. The van der Waals surface area contributed by atoms with Crippen molar-refractivity contribution in [1.29, 1.82) is 0 Å². The number of ether oxygens (including phenoxy) is 1. The van der Waals surface area contributed by atoms with E-state index < -0.39 is 6.43 Å². The second-order valence-electron chi connectivity index (χ2n) is 2.40. The van der Waals surface area contributed by atoms with Gasteiger partial charge in [0.25, 0.3) is 6.43 Å². The van der Waals surface area contributed by atoms with Crippen LogP contribution in [0.25, 0.3) is 0 Å². The van der Waals surface area contributed by atoms with E-state index in [1.165, 1.54) is 19.4 Å². The van der Waals surface area contributed by atoms with Gasteiger partial charge in [-0.05, 0) is 11.6 Å². The molecular weight excluding hydrogens is 178 g/mol. The summed E-state index contributed by atoms with van der Waals surface area (Å²) >= 11 is 0. The van der Waals surface area contributed by atoms with Crippen LogP contribution in [-0.4, -0.2) is 12.1 Å². The van der Waals surface area contributed by atoms with Crippen molar-refractivity contribution in [3.63, 3.8) is 0 Å². The summed E-state index contributed by atoms with van der Waals surface area (Å²) in [6, 6.07) is 1.46. The first-order valence-electron chi connectivity index (χ1n) is 3.70. The molecule has 0 saturated carbocycles. The van der Waals surface area contributed by atoms with Gasteiger partial charge >= 0.3 is 0 Å². The summed E-state index contributed by atoms with van der Waals surface area (Å²) in [4.78, 5) is 3.67. The van der Waals surface area contributed by atoms with Crippen molar-refractivity contribution in [2.24, 2.45) is 5.73 Å². The molecule has 0 unspecified atom stereocenters. The van der Waals surface area contributed by atoms with Gasteiger partial charge in [-0.2, -0.15) is 0 Å². The number of halogens is 2. The third-order valence-electron chi connectivity index (χ3n) is 1.68. The first-order valence-corrected chi connectivity index (χ1v) is 3.70. The Morgan fingerprint density at radius 3 is 2.77 bits per heavy atom. The summed E-state index contributed by atoms with van der Waals surface area (Å²) in [5.74, 6) is -0.0575. The van der Waals surface area contributed by atoms with Gasteiger partial charge in [0.05, 0.1) is 12.7 Å². The zero-order chi connectivity index (χ0) is 9.84. The van der Waals surface area contributed by atoms with Crippen molar-refractivity contribution < 1.29 is 13.5 Å². The number of nitrogens with zero attached hydrogens (tertiary/aromatic N) is 1. The van der Waals surface area contributed by atoms with E-state index in [9.17, 15) is 8.78 Å². The maximum atomic E-state index is 12.5. The third kappa shape index (κ3) is 1.92. The zero-order valence-corrected chi connectivity index (χ0v) is 7.13. The molecule has 0 saturated heterocycles. The highest BCUT2D eigenvalue weighted by molar-refractivity contribution is 5.35. The maximum absolute atomic E-state index is 12.5. The van der Waals surface area contributed by atoms with E-state index in [1.807, 2.05) is 0 Å². The van der Waals surface area contributed by atoms with Crippen molar-refractivity contribution in [3.8, 4) is 5.88 Å². The van der Waals surface area contributed by atoms with Gasteiger partial charge in [0, 0.05) is 12.7 Å². The summed E-state index contributed by atoms with van der Waals surface area (Å²) in [5, 5.41) is 0. The molecule has 72 valence electrons. The van der Waals surface area contributed by atoms with E-state index in [0.29, 0.717) is 5.56 Å². The molecule has 0 bridgehead atoms. The van der Waals surface area contributed by atoms with Crippen LogP contribution in [0.3, 0.4) is 0 Å². The van der Waals surface area contributed by atoms with Crippen molar-refractivity contribution in [1.82, 2.24) is 4.98 Å². The minimum Gasteiger partial charge on any atom is -0.481 e. The number of hydrogen-bond acceptors (Lipinski definition) is 3. The number of nitrogens with two attached hydrogens (primary N) is 1. The normalized spacial score (nSPS) is 10.5. The van der Waals surface area contributed by atoms with Gasteiger partial charge in [-0.15, -0.1) is 0 Å². The predicted octanol–water partition coefficient (Wildman–Crippen LogP) is 1.49. The van der Waals surface area contributed by atoms with Gasteiger partial charge in [0.2, 0.25) is 5.88 Å². The first kappa shape index (κ1) is 9.85. The van der Waals surface area contributed by atoms with Crippen molar-refractivity contribution in [3.05, 3.63) is 23.4 Å². The Labute approximate surface area is 74.5 Å². The molecule has 0 radical (unpaired) electrons. The zero-order valence-electron chi connectivity index (χ0n) is 7.13. The van der Waals surface area contributed by atoms with Gasteiger partial charge < -0.3 is 10.5 Å². The van der Waals surface area contributed by atoms with E-state index >= 15 is 0 Å². The van der Waals surface area contributed by atoms with Gasteiger partial charge in [-0.25, -0.2) is 13.8 Å². The summed E-state index contributed by atoms with van der Waals surface area (Å²) < 4.78 is 29.7. The lowest BCUT2D eigenvalue weighted by Gasteiger charge is -2.09. The van der Waals surface area contributed by atoms with Crippen molar-refractivity contribution in [2.75, 3.05) is 7.11 Å². The Balaban J connectivity index is 3.21. The predicted molar refractivity (Wildman–Crippen MR) is 43.6 cm³/mol. The minimum absolute atomic E-state index is 0.0541. The van der Waals surface area contributed by atoms with Gasteiger partial charge in [-0.1, -0.05) is 0 Å². The van der Waals surface area contributed by atoms with Crippen molar-refractivity contribution in [2.45, 2.75) is 13.0 Å². The number of aromatic nitrogens is 1. The van der Waals surface area contributed by atoms with E-state index in [2.05, 4.69) is 4.98 Å². The molecule has 0 aromatic carbocycles. The second kappa shape index (κ2) is 4.13. The highest BCUT2D eigenvalue weighted by Gasteiger charge is 2.18. The van der Waals surface area contributed by atoms with Crippen LogP contribution in [0.2, 0.25) is 0 Å². The van der Waals surface area contributed by atoms with Gasteiger partial charge in [0.1, 0.15) is 0 Å². The molecule has 3 nitrogen and oxygen atoms in total. The highest BCUT2D eigenvalue weighted by atomic mass is 19.3. The summed E-state index contributed by atoms with van der Waals surface area (Å²) in [6.07, 6.45) is -1.21. The second-order valence-corrected chi connectivity index (χ2v) is 2.40. The lowest BCUT2D eigenvalue weighted by molar-refractivity contribution is 0.144. The maximum Gasteiger partial charge on any atom is 0.269 e.